The Hall–Kier alpha value is -1.88. The van der Waals surface area contributed by atoms with E-state index < -0.39 is 6.10 Å². The van der Waals surface area contributed by atoms with Crippen LogP contribution in [-0.4, -0.2) is 37.4 Å². The molecule has 2 atom stereocenters. The van der Waals surface area contributed by atoms with Crippen molar-refractivity contribution in [2.45, 2.75) is 32.8 Å². The number of hydrogen-bond acceptors (Lipinski definition) is 4. The van der Waals surface area contributed by atoms with Crippen molar-refractivity contribution in [3.8, 4) is 5.75 Å². The van der Waals surface area contributed by atoms with Crippen LogP contribution in [0.3, 0.4) is 0 Å². The minimum atomic E-state index is -0.584. The second-order valence-corrected chi connectivity index (χ2v) is 5.80. The molecule has 1 aliphatic rings. The molecule has 2 rings (SSSR count). The van der Waals surface area contributed by atoms with Gasteiger partial charge in [0.05, 0.1) is 0 Å². The van der Waals surface area contributed by atoms with Gasteiger partial charge in [-0.2, -0.15) is 0 Å². The molecule has 0 spiro atoms. The summed E-state index contributed by atoms with van der Waals surface area (Å²) in [6, 6.07) is 6.90. The van der Waals surface area contributed by atoms with E-state index in [1.54, 1.807) is 31.2 Å². The van der Waals surface area contributed by atoms with Crippen molar-refractivity contribution < 1.29 is 14.3 Å². The minimum absolute atomic E-state index is 0.0210. The first-order valence-electron chi connectivity index (χ1n) is 7.82. The van der Waals surface area contributed by atoms with Crippen molar-refractivity contribution in [3.05, 3.63) is 29.8 Å². The second kappa shape index (κ2) is 7.94. The van der Waals surface area contributed by atoms with Gasteiger partial charge < -0.3 is 15.4 Å². The van der Waals surface area contributed by atoms with Gasteiger partial charge in [0.15, 0.2) is 11.9 Å². The average Bonchev–Trinajstić information content (AvgIpc) is 2.53. The Morgan fingerprint density at radius 2 is 2.27 bits per heavy atom. The molecule has 5 heteroatoms. The van der Waals surface area contributed by atoms with Gasteiger partial charge in [0.1, 0.15) is 5.75 Å². The van der Waals surface area contributed by atoms with Crippen LogP contribution in [0.4, 0.5) is 0 Å². The predicted molar refractivity (Wildman–Crippen MR) is 85.1 cm³/mol. The molecule has 2 unspecified atom stereocenters. The first-order chi connectivity index (χ1) is 10.6. The van der Waals surface area contributed by atoms with Crippen LogP contribution < -0.4 is 15.4 Å². The highest BCUT2D eigenvalue weighted by molar-refractivity contribution is 5.94. The molecule has 1 aromatic carbocycles. The molecule has 0 aromatic heterocycles. The van der Waals surface area contributed by atoms with Crippen molar-refractivity contribution >= 4 is 11.7 Å². The van der Waals surface area contributed by atoms with Crippen molar-refractivity contribution in [2.75, 3.05) is 19.6 Å². The number of ketones is 1. The molecular formula is C17H24N2O3. The number of piperidine rings is 1. The molecule has 2 N–H and O–H groups in total. The number of amides is 1. The highest BCUT2D eigenvalue weighted by atomic mass is 16.5. The number of hydrogen-bond donors (Lipinski definition) is 2. The van der Waals surface area contributed by atoms with Crippen LogP contribution in [0.5, 0.6) is 5.75 Å². The molecule has 0 radical (unpaired) electrons. The molecule has 1 fully saturated rings. The normalized spacial score (nSPS) is 19.3. The van der Waals surface area contributed by atoms with E-state index in [9.17, 15) is 9.59 Å². The fraction of sp³-hybridized carbons (Fsp3) is 0.529. The maximum absolute atomic E-state index is 12.1. The minimum Gasteiger partial charge on any atom is -0.481 e. The summed E-state index contributed by atoms with van der Waals surface area (Å²) in [5, 5.41) is 6.27. The van der Waals surface area contributed by atoms with E-state index in [0.29, 0.717) is 23.8 Å². The predicted octanol–water partition coefficient (Wildman–Crippen LogP) is 1.77. The molecule has 22 heavy (non-hydrogen) atoms. The SMILES string of the molecule is CC(=O)c1cccc(OC(C)C(=O)NCC2CCCNC2)c1. The smallest absolute Gasteiger partial charge is 0.260 e. The maximum Gasteiger partial charge on any atom is 0.260 e. The zero-order chi connectivity index (χ0) is 15.9. The number of benzene rings is 1. The van der Waals surface area contributed by atoms with Crippen LogP contribution >= 0.6 is 0 Å². The first-order valence-corrected chi connectivity index (χ1v) is 7.82. The highest BCUT2D eigenvalue weighted by Crippen LogP contribution is 2.15. The van der Waals surface area contributed by atoms with Gasteiger partial charge in [-0.1, -0.05) is 12.1 Å². The highest BCUT2D eigenvalue weighted by Gasteiger charge is 2.18. The van der Waals surface area contributed by atoms with Gasteiger partial charge in [0, 0.05) is 12.1 Å². The standard InChI is InChI=1S/C17H24N2O3/c1-12(20)15-6-3-7-16(9-15)22-13(2)17(21)19-11-14-5-4-8-18-10-14/h3,6-7,9,13-14,18H,4-5,8,10-11H2,1-2H3,(H,19,21). The maximum atomic E-state index is 12.1. The molecule has 1 heterocycles. The third-order valence-corrected chi connectivity index (χ3v) is 3.89. The number of ether oxygens (including phenoxy) is 1. The summed E-state index contributed by atoms with van der Waals surface area (Å²) in [4.78, 5) is 23.4. The molecule has 1 aromatic rings. The summed E-state index contributed by atoms with van der Waals surface area (Å²) >= 11 is 0. The Bertz CT molecular complexity index is 524. The van der Waals surface area contributed by atoms with Gasteiger partial charge in [-0.05, 0) is 57.8 Å². The van der Waals surface area contributed by atoms with E-state index in [2.05, 4.69) is 10.6 Å². The third kappa shape index (κ3) is 4.84. The number of Topliss-reactive ketones (excluding diaryl/α,β-unsaturated/α-hetero) is 1. The zero-order valence-corrected chi connectivity index (χ0v) is 13.2. The van der Waals surface area contributed by atoms with Crippen molar-refractivity contribution in [2.24, 2.45) is 5.92 Å². The monoisotopic (exact) mass is 304 g/mol. The van der Waals surface area contributed by atoms with Crippen molar-refractivity contribution in [1.29, 1.82) is 0 Å². The van der Waals surface area contributed by atoms with Crippen molar-refractivity contribution in [3.63, 3.8) is 0 Å². The molecule has 1 aliphatic heterocycles. The van der Waals surface area contributed by atoms with Gasteiger partial charge in [-0.3, -0.25) is 9.59 Å². The van der Waals surface area contributed by atoms with Gasteiger partial charge in [-0.15, -0.1) is 0 Å². The third-order valence-electron chi connectivity index (χ3n) is 3.89. The van der Waals surface area contributed by atoms with Gasteiger partial charge in [-0.25, -0.2) is 0 Å². The summed E-state index contributed by atoms with van der Waals surface area (Å²) < 4.78 is 5.63. The number of nitrogens with one attached hydrogen (secondary N) is 2. The van der Waals surface area contributed by atoms with Crippen LogP contribution in [0.25, 0.3) is 0 Å². The Balaban J connectivity index is 1.82. The van der Waals surface area contributed by atoms with E-state index >= 15 is 0 Å². The molecule has 1 saturated heterocycles. The lowest BCUT2D eigenvalue weighted by atomic mass is 10.00. The summed E-state index contributed by atoms with van der Waals surface area (Å²) in [6.45, 7) is 5.92. The Morgan fingerprint density at radius 3 is 2.95 bits per heavy atom. The molecular weight excluding hydrogens is 280 g/mol. The fourth-order valence-electron chi connectivity index (χ4n) is 2.53. The van der Waals surface area contributed by atoms with E-state index in [4.69, 9.17) is 4.74 Å². The van der Waals surface area contributed by atoms with E-state index in [1.807, 2.05) is 0 Å². The lowest BCUT2D eigenvalue weighted by molar-refractivity contribution is -0.127. The van der Waals surface area contributed by atoms with Crippen LogP contribution in [0, 0.1) is 5.92 Å². The van der Waals surface area contributed by atoms with Gasteiger partial charge in [0.25, 0.3) is 5.91 Å². The average molecular weight is 304 g/mol. The lowest BCUT2D eigenvalue weighted by Gasteiger charge is -2.23. The van der Waals surface area contributed by atoms with Gasteiger partial charge in [0.2, 0.25) is 0 Å². The summed E-state index contributed by atoms with van der Waals surface area (Å²) in [6.07, 6.45) is 1.71. The van der Waals surface area contributed by atoms with E-state index in [0.717, 1.165) is 25.9 Å². The molecule has 1 amide bonds. The number of carbonyl (C=O) groups is 2. The Kier molecular flexibility index (Phi) is 5.95. The number of rotatable bonds is 6. The Morgan fingerprint density at radius 1 is 1.45 bits per heavy atom. The largest absolute Gasteiger partial charge is 0.481 e. The molecule has 120 valence electrons. The summed E-state index contributed by atoms with van der Waals surface area (Å²) in [7, 11) is 0. The van der Waals surface area contributed by atoms with Gasteiger partial charge >= 0.3 is 0 Å². The second-order valence-electron chi connectivity index (χ2n) is 5.80. The summed E-state index contributed by atoms with van der Waals surface area (Å²) in [5.74, 6) is 0.881. The van der Waals surface area contributed by atoms with Crippen LogP contribution in [0.1, 0.15) is 37.0 Å². The topological polar surface area (TPSA) is 67.4 Å². The molecule has 0 aliphatic carbocycles. The molecule has 0 bridgehead atoms. The van der Waals surface area contributed by atoms with Crippen molar-refractivity contribution in [1.82, 2.24) is 10.6 Å². The van der Waals surface area contributed by atoms with Crippen LogP contribution in [0.2, 0.25) is 0 Å². The Labute approximate surface area is 131 Å². The summed E-state index contributed by atoms with van der Waals surface area (Å²) in [5.41, 5.74) is 0.582. The fourth-order valence-corrected chi connectivity index (χ4v) is 2.53. The molecule has 5 nitrogen and oxygen atoms in total. The van der Waals surface area contributed by atoms with Crippen LogP contribution in [0.15, 0.2) is 24.3 Å². The number of carbonyl (C=O) groups excluding carboxylic acids is 2. The van der Waals surface area contributed by atoms with E-state index in [1.165, 1.54) is 6.92 Å². The lowest BCUT2D eigenvalue weighted by Crippen LogP contribution is -2.42. The quantitative estimate of drug-likeness (QED) is 0.786. The molecule has 0 saturated carbocycles. The van der Waals surface area contributed by atoms with E-state index in [-0.39, 0.29) is 11.7 Å². The van der Waals surface area contributed by atoms with Crippen LogP contribution in [-0.2, 0) is 4.79 Å². The first kappa shape index (κ1) is 16.5. The zero-order valence-electron chi connectivity index (χ0n) is 13.2.